The van der Waals surface area contributed by atoms with E-state index in [-0.39, 0.29) is 5.91 Å². The standard InChI is InChI=1S/C18H26N6O/c1-14(2)13-23-9-6-17-22-21-16(24(17)11-10-23)5-8-20-18(25)15-4-3-7-19-12-15/h3-4,7,12,14H,5-6,8-11,13H2,1-2H3,(H,20,25). The predicted molar refractivity (Wildman–Crippen MR) is 95.3 cm³/mol. The minimum absolute atomic E-state index is 0.105. The molecule has 1 aliphatic rings. The Balaban J connectivity index is 1.54. The zero-order chi connectivity index (χ0) is 17.6. The van der Waals surface area contributed by atoms with E-state index < -0.39 is 0 Å². The summed E-state index contributed by atoms with van der Waals surface area (Å²) in [5.41, 5.74) is 0.576. The monoisotopic (exact) mass is 342 g/mol. The van der Waals surface area contributed by atoms with Gasteiger partial charge in [-0.25, -0.2) is 0 Å². The Bertz CT molecular complexity index is 697. The highest BCUT2D eigenvalue weighted by Crippen LogP contribution is 2.11. The van der Waals surface area contributed by atoms with Crippen LogP contribution in [0.15, 0.2) is 24.5 Å². The highest BCUT2D eigenvalue weighted by molar-refractivity contribution is 5.93. The molecule has 25 heavy (non-hydrogen) atoms. The summed E-state index contributed by atoms with van der Waals surface area (Å²) < 4.78 is 2.22. The SMILES string of the molecule is CC(C)CN1CCc2nnc(CCNC(=O)c3cccnc3)n2CC1. The van der Waals surface area contributed by atoms with Gasteiger partial charge in [0.15, 0.2) is 0 Å². The zero-order valence-corrected chi connectivity index (χ0v) is 15.0. The maximum absolute atomic E-state index is 12.1. The van der Waals surface area contributed by atoms with Crippen LogP contribution in [0.5, 0.6) is 0 Å². The number of pyridine rings is 1. The molecule has 0 fully saturated rings. The Kier molecular flexibility index (Phi) is 5.75. The van der Waals surface area contributed by atoms with Gasteiger partial charge in [0.05, 0.1) is 5.56 Å². The van der Waals surface area contributed by atoms with Gasteiger partial charge in [-0.15, -0.1) is 10.2 Å². The van der Waals surface area contributed by atoms with Crippen molar-refractivity contribution in [3.8, 4) is 0 Å². The van der Waals surface area contributed by atoms with Crippen LogP contribution < -0.4 is 5.32 Å². The van der Waals surface area contributed by atoms with Crippen LogP contribution in [0.3, 0.4) is 0 Å². The van der Waals surface area contributed by atoms with E-state index in [4.69, 9.17) is 0 Å². The van der Waals surface area contributed by atoms with Crippen molar-refractivity contribution in [2.45, 2.75) is 33.2 Å². The van der Waals surface area contributed by atoms with Gasteiger partial charge in [-0.3, -0.25) is 9.78 Å². The molecule has 1 aliphatic heterocycles. The molecule has 134 valence electrons. The summed E-state index contributed by atoms with van der Waals surface area (Å²) >= 11 is 0. The number of carbonyl (C=O) groups is 1. The van der Waals surface area contributed by atoms with E-state index in [2.05, 4.69) is 43.8 Å². The number of nitrogens with zero attached hydrogens (tertiary/aromatic N) is 5. The number of hydrogen-bond acceptors (Lipinski definition) is 5. The molecule has 0 unspecified atom stereocenters. The molecule has 0 aliphatic carbocycles. The zero-order valence-electron chi connectivity index (χ0n) is 15.0. The largest absolute Gasteiger partial charge is 0.352 e. The van der Waals surface area contributed by atoms with Gasteiger partial charge in [0.1, 0.15) is 11.6 Å². The minimum atomic E-state index is -0.105. The molecule has 2 aromatic heterocycles. The second-order valence-electron chi connectivity index (χ2n) is 6.88. The van der Waals surface area contributed by atoms with Crippen molar-refractivity contribution < 1.29 is 4.79 Å². The quantitative estimate of drug-likeness (QED) is 0.852. The summed E-state index contributed by atoms with van der Waals surface area (Å²) in [6.45, 7) is 9.15. The summed E-state index contributed by atoms with van der Waals surface area (Å²) in [6.07, 6.45) is 4.84. The van der Waals surface area contributed by atoms with Gasteiger partial charge < -0.3 is 14.8 Å². The summed E-state index contributed by atoms with van der Waals surface area (Å²) in [7, 11) is 0. The van der Waals surface area contributed by atoms with Gasteiger partial charge in [-0.05, 0) is 18.1 Å². The van der Waals surface area contributed by atoms with Gasteiger partial charge in [0.2, 0.25) is 0 Å². The maximum Gasteiger partial charge on any atom is 0.252 e. The summed E-state index contributed by atoms with van der Waals surface area (Å²) in [6, 6.07) is 3.52. The molecule has 3 heterocycles. The lowest BCUT2D eigenvalue weighted by molar-refractivity contribution is 0.0953. The van der Waals surface area contributed by atoms with Crippen LogP contribution in [0.2, 0.25) is 0 Å². The number of nitrogens with one attached hydrogen (secondary N) is 1. The molecule has 0 atom stereocenters. The number of hydrogen-bond donors (Lipinski definition) is 1. The summed E-state index contributed by atoms with van der Waals surface area (Å²) in [4.78, 5) is 18.5. The average Bonchev–Trinajstić information content (AvgIpc) is 2.88. The third kappa shape index (κ3) is 4.63. The Hall–Kier alpha value is -2.28. The Morgan fingerprint density at radius 1 is 1.28 bits per heavy atom. The van der Waals surface area contributed by atoms with Gasteiger partial charge in [-0.2, -0.15) is 0 Å². The van der Waals surface area contributed by atoms with Gasteiger partial charge in [0, 0.05) is 58.0 Å². The fraction of sp³-hybridized carbons (Fsp3) is 0.556. The Morgan fingerprint density at radius 3 is 2.92 bits per heavy atom. The van der Waals surface area contributed by atoms with Crippen LogP contribution >= 0.6 is 0 Å². The first-order chi connectivity index (χ1) is 12.1. The first-order valence-corrected chi connectivity index (χ1v) is 8.95. The van der Waals surface area contributed by atoms with Crippen molar-refractivity contribution in [2.24, 2.45) is 5.92 Å². The van der Waals surface area contributed by atoms with E-state index in [1.807, 2.05) is 0 Å². The Labute approximate surface area is 148 Å². The van der Waals surface area contributed by atoms with Crippen molar-refractivity contribution in [1.29, 1.82) is 0 Å². The molecule has 0 aromatic carbocycles. The van der Waals surface area contributed by atoms with Crippen LogP contribution in [0, 0.1) is 5.92 Å². The topological polar surface area (TPSA) is 75.9 Å². The third-order valence-corrected chi connectivity index (χ3v) is 4.38. The average molecular weight is 342 g/mol. The molecular weight excluding hydrogens is 316 g/mol. The highest BCUT2D eigenvalue weighted by atomic mass is 16.1. The van der Waals surface area contributed by atoms with Gasteiger partial charge >= 0.3 is 0 Å². The predicted octanol–water partition coefficient (Wildman–Crippen LogP) is 1.16. The molecule has 0 spiro atoms. The normalized spacial score (nSPS) is 15.0. The molecular formula is C18H26N6O. The Morgan fingerprint density at radius 2 is 2.16 bits per heavy atom. The van der Waals surface area contributed by atoms with Crippen molar-refractivity contribution in [3.05, 3.63) is 41.7 Å². The van der Waals surface area contributed by atoms with E-state index in [1.165, 1.54) is 0 Å². The summed E-state index contributed by atoms with van der Waals surface area (Å²) in [5, 5.41) is 11.6. The lowest BCUT2D eigenvalue weighted by atomic mass is 10.2. The number of rotatable bonds is 6. The summed E-state index contributed by atoms with van der Waals surface area (Å²) in [5.74, 6) is 2.57. The first kappa shape index (κ1) is 17.5. The number of fused-ring (bicyclic) bond motifs is 1. The lowest BCUT2D eigenvalue weighted by Crippen LogP contribution is -2.31. The minimum Gasteiger partial charge on any atom is -0.352 e. The van der Waals surface area contributed by atoms with E-state index in [9.17, 15) is 4.79 Å². The molecule has 7 heteroatoms. The van der Waals surface area contributed by atoms with Crippen molar-refractivity contribution >= 4 is 5.91 Å². The number of amides is 1. The van der Waals surface area contributed by atoms with E-state index in [0.29, 0.717) is 24.4 Å². The number of carbonyl (C=O) groups excluding carboxylic acids is 1. The number of aromatic nitrogens is 4. The molecule has 3 rings (SSSR count). The van der Waals surface area contributed by atoms with E-state index in [0.717, 1.165) is 44.2 Å². The van der Waals surface area contributed by atoms with Crippen LogP contribution in [-0.2, 0) is 19.4 Å². The molecule has 0 radical (unpaired) electrons. The molecule has 2 aromatic rings. The molecule has 0 saturated carbocycles. The maximum atomic E-state index is 12.1. The second kappa shape index (κ2) is 8.20. The fourth-order valence-electron chi connectivity index (χ4n) is 3.20. The van der Waals surface area contributed by atoms with Crippen molar-refractivity contribution in [2.75, 3.05) is 26.2 Å². The molecule has 0 saturated heterocycles. The van der Waals surface area contributed by atoms with Crippen LogP contribution in [-0.4, -0.2) is 56.7 Å². The first-order valence-electron chi connectivity index (χ1n) is 8.95. The lowest BCUT2D eigenvalue weighted by Gasteiger charge is -2.21. The molecule has 1 amide bonds. The third-order valence-electron chi connectivity index (χ3n) is 4.38. The van der Waals surface area contributed by atoms with Crippen LogP contribution in [0.1, 0.15) is 35.9 Å². The second-order valence-corrected chi connectivity index (χ2v) is 6.88. The van der Waals surface area contributed by atoms with Crippen LogP contribution in [0.4, 0.5) is 0 Å². The molecule has 1 N–H and O–H groups in total. The van der Waals surface area contributed by atoms with E-state index >= 15 is 0 Å². The van der Waals surface area contributed by atoms with Crippen molar-refractivity contribution in [3.63, 3.8) is 0 Å². The van der Waals surface area contributed by atoms with Crippen LogP contribution in [0.25, 0.3) is 0 Å². The van der Waals surface area contributed by atoms with Gasteiger partial charge in [0.25, 0.3) is 5.91 Å². The van der Waals surface area contributed by atoms with E-state index in [1.54, 1.807) is 24.5 Å². The highest BCUT2D eigenvalue weighted by Gasteiger charge is 2.19. The molecule has 0 bridgehead atoms. The van der Waals surface area contributed by atoms with Gasteiger partial charge in [-0.1, -0.05) is 13.8 Å². The smallest absolute Gasteiger partial charge is 0.252 e. The van der Waals surface area contributed by atoms with Crippen molar-refractivity contribution in [1.82, 2.24) is 30.0 Å². The molecule has 7 nitrogen and oxygen atoms in total. The fourth-order valence-corrected chi connectivity index (χ4v) is 3.20.